The van der Waals surface area contributed by atoms with Crippen molar-refractivity contribution in [1.82, 2.24) is 9.97 Å². The second-order valence-corrected chi connectivity index (χ2v) is 5.31. The van der Waals surface area contributed by atoms with E-state index in [-0.39, 0.29) is 0 Å². The smallest absolute Gasteiger partial charge is 0.134 e. The first-order valence-corrected chi connectivity index (χ1v) is 7.45. The molecule has 0 aliphatic heterocycles. The largest absolute Gasteiger partial charge is 0.381 e. The number of anilines is 2. The summed E-state index contributed by atoms with van der Waals surface area (Å²) in [4.78, 5) is 9.00. The Morgan fingerprint density at radius 3 is 2.50 bits per heavy atom. The van der Waals surface area contributed by atoms with Crippen molar-refractivity contribution in [3.8, 4) is 0 Å². The lowest BCUT2D eigenvalue weighted by molar-refractivity contribution is 0.110. The van der Waals surface area contributed by atoms with Gasteiger partial charge in [-0.25, -0.2) is 9.97 Å². The first kappa shape index (κ1) is 16.7. The highest BCUT2D eigenvalue weighted by atomic mass is 16.5. The molecular formula is C15H28N4O. The summed E-state index contributed by atoms with van der Waals surface area (Å²) in [5.41, 5.74) is 1.06. The number of rotatable bonds is 9. The molecule has 0 spiro atoms. The van der Waals surface area contributed by atoms with Crippen molar-refractivity contribution in [2.45, 2.75) is 40.5 Å². The average molecular weight is 280 g/mol. The lowest BCUT2D eigenvalue weighted by Crippen LogP contribution is -2.12. The lowest BCUT2D eigenvalue weighted by Gasteiger charge is -2.13. The third-order valence-corrected chi connectivity index (χ3v) is 2.95. The van der Waals surface area contributed by atoms with E-state index in [1.807, 2.05) is 14.0 Å². The Morgan fingerprint density at radius 2 is 1.90 bits per heavy atom. The van der Waals surface area contributed by atoms with Gasteiger partial charge in [-0.2, -0.15) is 0 Å². The molecule has 0 atom stereocenters. The highest BCUT2D eigenvalue weighted by Crippen LogP contribution is 2.19. The summed E-state index contributed by atoms with van der Waals surface area (Å²) in [5.74, 6) is 3.27. The molecule has 0 unspecified atom stereocenters. The van der Waals surface area contributed by atoms with Crippen molar-refractivity contribution >= 4 is 11.6 Å². The van der Waals surface area contributed by atoms with Crippen LogP contribution in [0, 0.1) is 12.8 Å². The van der Waals surface area contributed by atoms with Gasteiger partial charge in [-0.15, -0.1) is 0 Å². The van der Waals surface area contributed by atoms with Crippen LogP contribution in [0.1, 0.15) is 38.6 Å². The Hall–Kier alpha value is -1.36. The van der Waals surface area contributed by atoms with Gasteiger partial charge in [-0.3, -0.25) is 0 Å². The Bertz CT molecular complexity index is 407. The fourth-order valence-corrected chi connectivity index (χ4v) is 1.84. The maximum absolute atomic E-state index is 5.57. The van der Waals surface area contributed by atoms with Crippen molar-refractivity contribution in [2.24, 2.45) is 5.92 Å². The molecule has 0 saturated carbocycles. The normalized spacial score (nSPS) is 10.9. The second-order valence-electron chi connectivity index (χ2n) is 5.31. The second kappa shape index (κ2) is 8.74. The zero-order valence-electron chi connectivity index (χ0n) is 13.4. The molecular weight excluding hydrogens is 252 g/mol. The molecule has 1 rings (SSSR count). The highest BCUT2D eigenvalue weighted by molar-refractivity contribution is 5.56. The summed E-state index contributed by atoms with van der Waals surface area (Å²) >= 11 is 0. The van der Waals surface area contributed by atoms with Gasteiger partial charge >= 0.3 is 0 Å². The Kier molecular flexibility index (Phi) is 7.30. The van der Waals surface area contributed by atoms with Gasteiger partial charge in [-0.05, 0) is 19.3 Å². The van der Waals surface area contributed by atoms with Crippen LogP contribution in [0.3, 0.4) is 0 Å². The summed E-state index contributed by atoms with van der Waals surface area (Å²) in [5, 5.41) is 6.50. The molecule has 0 aliphatic carbocycles. The van der Waals surface area contributed by atoms with Gasteiger partial charge < -0.3 is 15.4 Å². The fraction of sp³-hybridized carbons (Fsp3) is 0.733. The van der Waals surface area contributed by atoms with Gasteiger partial charge in [0.1, 0.15) is 17.5 Å². The van der Waals surface area contributed by atoms with E-state index < -0.39 is 0 Å². The zero-order valence-corrected chi connectivity index (χ0v) is 13.4. The summed E-state index contributed by atoms with van der Waals surface area (Å²) in [7, 11) is 1.89. The van der Waals surface area contributed by atoms with E-state index in [0.717, 1.165) is 55.6 Å². The van der Waals surface area contributed by atoms with Crippen molar-refractivity contribution in [2.75, 3.05) is 37.4 Å². The number of nitrogens with zero attached hydrogens (tertiary/aromatic N) is 2. The van der Waals surface area contributed by atoms with E-state index >= 15 is 0 Å². The van der Waals surface area contributed by atoms with Crippen LogP contribution < -0.4 is 10.6 Å². The van der Waals surface area contributed by atoms with Crippen LogP contribution in [-0.2, 0) is 11.2 Å². The highest BCUT2D eigenvalue weighted by Gasteiger charge is 2.08. The molecule has 0 amide bonds. The predicted molar refractivity (Wildman–Crippen MR) is 84.5 cm³/mol. The molecule has 2 N–H and O–H groups in total. The standard InChI is InChI=1S/C15H28N4O/c1-6-13-18-14(16-5)12(4)15(19-13)17-8-7-9-20-10-11(2)3/h11H,6-10H2,1-5H3,(H2,16,17,18,19). The van der Waals surface area contributed by atoms with Crippen LogP contribution in [0.15, 0.2) is 0 Å². The summed E-state index contributed by atoms with van der Waals surface area (Å²) in [6.07, 6.45) is 1.81. The van der Waals surface area contributed by atoms with Crippen LogP contribution in [-0.4, -0.2) is 36.8 Å². The van der Waals surface area contributed by atoms with Crippen molar-refractivity contribution in [3.05, 3.63) is 11.4 Å². The first-order chi connectivity index (χ1) is 9.58. The number of hydrogen-bond donors (Lipinski definition) is 2. The third-order valence-electron chi connectivity index (χ3n) is 2.95. The number of nitrogens with one attached hydrogen (secondary N) is 2. The molecule has 5 nitrogen and oxygen atoms in total. The van der Waals surface area contributed by atoms with Gasteiger partial charge in [0.05, 0.1) is 0 Å². The van der Waals surface area contributed by atoms with E-state index in [0.29, 0.717) is 5.92 Å². The first-order valence-electron chi connectivity index (χ1n) is 7.45. The maximum Gasteiger partial charge on any atom is 0.134 e. The number of aromatic nitrogens is 2. The summed E-state index contributed by atoms with van der Waals surface area (Å²) in [6.45, 7) is 10.9. The van der Waals surface area contributed by atoms with Crippen LogP contribution in [0.5, 0.6) is 0 Å². The molecule has 1 aromatic rings. The molecule has 114 valence electrons. The minimum absolute atomic E-state index is 0.595. The number of hydrogen-bond acceptors (Lipinski definition) is 5. The predicted octanol–water partition coefficient (Wildman–Crippen LogP) is 2.86. The monoisotopic (exact) mass is 280 g/mol. The average Bonchev–Trinajstić information content (AvgIpc) is 2.43. The van der Waals surface area contributed by atoms with Crippen molar-refractivity contribution in [3.63, 3.8) is 0 Å². The molecule has 0 fully saturated rings. The van der Waals surface area contributed by atoms with Crippen LogP contribution in [0.2, 0.25) is 0 Å². The molecule has 0 bridgehead atoms. The lowest BCUT2D eigenvalue weighted by atomic mass is 10.2. The topological polar surface area (TPSA) is 59.1 Å². The number of ether oxygens (including phenoxy) is 1. The van der Waals surface area contributed by atoms with Crippen LogP contribution in [0.25, 0.3) is 0 Å². The summed E-state index contributed by atoms with van der Waals surface area (Å²) in [6, 6.07) is 0. The zero-order chi connectivity index (χ0) is 15.0. The van der Waals surface area contributed by atoms with E-state index in [1.54, 1.807) is 0 Å². The van der Waals surface area contributed by atoms with Gasteiger partial charge in [0.2, 0.25) is 0 Å². The quantitative estimate of drug-likeness (QED) is 0.681. The third kappa shape index (κ3) is 5.33. The van der Waals surface area contributed by atoms with E-state index in [9.17, 15) is 0 Å². The molecule has 5 heteroatoms. The molecule has 1 aromatic heterocycles. The molecule has 1 heterocycles. The fourth-order valence-electron chi connectivity index (χ4n) is 1.84. The Balaban J connectivity index is 2.46. The van der Waals surface area contributed by atoms with Crippen LogP contribution >= 0.6 is 0 Å². The molecule has 0 aliphatic rings. The Labute approximate surface area is 122 Å². The Morgan fingerprint density at radius 1 is 1.20 bits per heavy atom. The molecule has 0 radical (unpaired) electrons. The summed E-state index contributed by atoms with van der Waals surface area (Å²) < 4.78 is 5.57. The number of aryl methyl sites for hydroxylation is 1. The maximum atomic E-state index is 5.57. The molecule has 0 aromatic carbocycles. The SMILES string of the molecule is CCc1nc(NC)c(C)c(NCCCOCC(C)C)n1. The minimum atomic E-state index is 0.595. The van der Waals surface area contributed by atoms with Crippen molar-refractivity contribution in [1.29, 1.82) is 0 Å². The van der Waals surface area contributed by atoms with Gasteiger partial charge in [0, 0.05) is 38.8 Å². The van der Waals surface area contributed by atoms with Crippen LogP contribution in [0.4, 0.5) is 11.6 Å². The van der Waals surface area contributed by atoms with Crippen molar-refractivity contribution < 1.29 is 4.74 Å². The van der Waals surface area contributed by atoms with Gasteiger partial charge in [-0.1, -0.05) is 20.8 Å². The van der Waals surface area contributed by atoms with E-state index in [1.165, 1.54) is 0 Å². The van der Waals surface area contributed by atoms with Gasteiger partial charge in [0.15, 0.2) is 0 Å². The van der Waals surface area contributed by atoms with Gasteiger partial charge in [0.25, 0.3) is 0 Å². The molecule has 20 heavy (non-hydrogen) atoms. The van der Waals surface area contributed by atoms with E-state index in [2.05, 4.69) is 41.4 Å². The minimum Gasteiger partial charge on any atom is -0.381 e. The molecule has 0 saturated heterocycles. The van der Waals surface area contributed by atoms with E-state index in [4.69, 9.17) is 4.74 Å².